The Hall–Kier alpha value is -1.39. The van der Waals surface area contributed by atoms with Crippen LogP contribution in [0.25, 0.3) is 0 Å². The Labute approximate surface area is 126 Å². The standard InChI is InChI=1S/C17H25NO3/c1-3-21-15-9-11-18(12-10-15)13-17(2,16(19)20)14-7-5-4-6-8-14/h4-8,15H,3,9-13H2,1-2H3,(H,19,20). The Balaban J connectivity index is 2.03. The van der Waals surface area contributed by atoms with Crippen molar-refractivity contribution in [1.29, 1.82) is 0 Å². The first-order valence-electron chi connectivity index (χ1n) is 7.69. The van der Waals surface area contributed by atoms with Gasteiger partial charge in [-0.25, -0.2) is 0 Å². The smallest absolute Gasteiger partial charge is 0.315 e. The Bertz CT molecular complexity index is 454. The molecule has 0 bridgehead atoms. The summed E-state index contributed by atoms with van der Waals surface area (Å²) < 4.78 is 5.65. The first-order chi connectivity index (χ1) is 10.1. The lowest BCUT2D eigenvalue weighted by Crippen LogP contribution is -2.48. The number of piperidine rings is 1. The van der Waals surface area contributed by atoms with Crippen LogP contribution in [0.1, 0.15) is 32.3 Å². The van der Waals surface area contributed by atoms with Crippen LogP contribution >= 0.6 is 0 Å². The molecule has 1 saturated heterocycles. The molecule has 0 radical (unpaired) electrons. The normalized spacial score (nSPS) is 20.1. The lowest BCUT2D eigenvalue weighted by molar-refractivity contribution is -0.144. The fourth-order valence-corrected chi connectivity index (χ4v) is 3.01. The number of carboxylic acids is 1. The summed E-state index contributed by atoms with van der Waals surface area (Å²) >= 11 is 0. The lowest BCUT2D eigenvalue weighted by atomic mass is 9.81. The van der Waals surface area contributed by atoms with Crippen molar-refractivity contribution in [3.8, 4) is 0 Å². The summed E-state index contributed by atoms with van der Waals surface area (Å²) in [5, 5.41) is 9.70. The van der Waals surface area contributed by atoms with E-state index in [9.17, 15) is 9.90 Å². The fourth-order valence-electron chi connectivity index (χ4n) is 3.01. The maximum atomic E-state index is 11.8. The molecule has 116 valence electrons. The highest BCUT2D eigenvalue weighted by Crippen LogP contribution is 2.27. The minimum Gasteiger partial charge on any atom is -0.481 e. The number of ether oxygens (including phenoxy) is 1. The molecule has 0 spiro atoms. The van der Waals surface area contributed by atoms with Gasteiger partial charge in [-0.05, 0) is 32.3 Å². The largest absolute Gasteiger partial charge is 0.481 e. The molecule has 1 unspecified atom stereocenters. The van der Waals surface area contributed by atoms with E-state index < -0.39 is 11.4 Å². The van der Waals surface area contributed by atoms with E-state index in [1.165, 1.54) is 0 Å². The van der Waals surface area contributed by atoms with Crippen molar-refractivity contribution in [2.24, 2.45) is 0 Å². The molecule has 0 amide bonds. The molecule has 1 atom stereocenters. The van der Waals surface area contributed by atoms with Crippen LogP contribution in [0, 0.1) is 0 Å². The molecule has 1 aliphatic rings. The van der Waals surface area contributed by atoms with E-state index in [0.29, 0.717) is 12.6 Å². The van der Waals surface area contributed by atoms with E-state index in [1.54, 1.807) is 0 Å². The highest BCUT2D eigenvalue weighted by atomic mass is 16.5. The Morgan fingerprint density at radius 3 is 2.48 bits per heavy atom. The molecule has 0 aromatic heterocycles. The quantitative estimate of drug-likeness (QED) is 0.875. The molecular weight excluding hydrogens is 266 g/mol. The van der Waals surface area contributed by atoms with E-state index in [-0.39, 0.29) is 0 Å². The average Bonchev–Trinajstić information content (AvgIpc) is 2.50. The summed E-state index contributed by atoms with van der Waals surface area (Å²) in [4.78, 5) is 14.1. The molecule has 4 heteroatoms. The Morgan fingerprint density at radius 1 is 1.33 bits per heavy atom. The van der Waals surface area contributed by atoms with E-state index in [0.717, 1.165) is 38.1 Å². The van der Waals surface area contributed by atoms with Gasteiger partial charge < -0.3 is 14.7 Å². The van der Waals surface area contributed by atoms with E-state index >= 15 is 0 Å². The van der Waals surface area contributed by atoms with E-state index in [2.05, 4.69) is 4.90 Å². The van der Waals surface area contributed by atoms with Gasteiger partial charge in [0, 0.05) is 26.2 Å². The topological polar surface area (TPSA) is 49.8 Å². The third-order valence-corrected chi connectivity index (χ3v) is 4.36. The molecule has 4 nitrogen and oxygen atoms in total. The van der Waals surface area contributed by atoms with Gasteiger partial charge in [0.15, 0.2) is 0 Å². The van der Waals surface area contributed by atoms with Crippen LogP contribution < -0.4 is 0 Å². The molecule has 2 rings (SSSR count). The van der Waals surface area contributed by atoms with Crippen molar-refractivity contribution in [2.75, 3.05) is 26.2 Å². The van der Waals surface area contributed by atoms with Gasteiger partial charge in [-0.15, -0.1) is 0 Å². The maximum absolute atomic E-state index is 11.8. The second-order valence-corrected chi connectivity index (χ2v) is 5.93. The third-order valence-electron chi connectivity index (χ3n) is 4.36. The second-order valence-electron chi connectivity index (χ2n) is 5.93. The zero-order valence-electron chi connectivity index (χ0n) is 12.9. The molecule has 1 aromatic carbocycles. The monoisotopic (exact) mass is 291 g/mol. The van der Waals surface area contributed by atoms with Gasteiger partial charge in [0.1, 0.15) is 5.41 Å². The number of hydrogen-bond acceptors (Lipinski definition) is 3. The lowest BCUT2D eigenvalue weighted by Gasteiger charge is -2.37. The molecule has 0 aliphatic carbocycles. The number of carboxylic acid groups (broad SMARTS) is 1. The number of likely N-dealkylation sites (tertiary alicyclic amines) is 1. The van der Waals surface area contributed by atoms with Crippen LogP contribution in [0.5, 0.6) is 0 Å². The van der Waals surface area contributed by atoms with Gasteiger partial charge in [0.05, 0.1) is 6.10 Å². The van der Waals surface area contributed by atoms with Gasteiger partial charge in [-0.1, -0.05) is 30.3 Å². The summed E-state index contributed by atoms with van der Waals surface area (Å²) in [6.45, 7) is 6.94. The predicted molar refractivity (Wildman–Crippen MR) is 82.5 cm³/mol. The number of nitrogens with zero attached hydrogens (tertiary/aromatic N) is 1. The maximum Gasteiger partial charge on any atom is 0.315 e. The summed E-state index contributed by atoms with van der Waals surface area (Å²) in [6, 6.07) is 9.52. The summed E-state index contributed by atoms with van der Waals surface area (Å²) in [5.74, 6) is -0.763. The van der Waals surface area contributed by atoms with Crippen molar-refractivity contribution < 1.29 is 14.6 Å². The predicted octanol–water partition coefficient (Wildman–Crippen LogP) is 2.53. The molecule has 1 heterocycles. The number of benzene rings is 1. The average molecular weight is 291 g/mol. The van der Waals surface area contributed by atoms with Crippen LogP contribution in [-0.2, 0) is 14.9 Å². The highest BCUT2D eigenvalue weighted by Gasteiger charge is 2.37. The minimum atomic E-state index is -0.861. The van der Waals surface area contributed by atoms with E-state index in [4.69, 9.17) is 4.74 Å². The first-order valence-corrected chi connectivity index (χ1v) is 7.69. The number of carbonyl (C=O) groups is 1. The van der Waals surface area contributed by atoms with Gasteiger partial charge in [-0.3, -0.25) is 4.79 Å². The van der Waals surface area contributed by atoms with Crippen molar-refractivity contribution in [3.05, 3.63) is 35.9 Å². The third kappa shape index (κ3) is 3.83. The Morgan fingerprint density at radius 2 is 1.95 bits per heavy atom. The zero-order chi connectivity index (χ0) is 15.3. The number of rotatable bonds is 6. The molecule has 1 N–H and O–H groups in total. The van der Waals surface area contributed by atoms with Crippen LogP contribution in [-0.4, -0.2) is 48.3 Å². The van der Waals surface area contributed by atoms with Gasteiger partial charge >= 0.3 is 5.97 Å². The van der Waals surface area contributed by atoms with Crippen molar-refractivity contribution in [2.45, 2.75) is 38.2 Å². The van der Waals surface area contributed by atoms with Crippen molar-refractivity contribution in [3.63, 3.8) is 0 Å². The van der Waals surface area contributed by atoms with Crippen LogP contribution in [0.2, 0.25) is 0 Å². The number of aliphatic carboxylic acids is 1. The fraction of sp³-hybridized carbons (Fsp3) is 0.588. The minimum absolute atomic E-state index is 0.332. The first kappa shape index (κ1) is 16.0. The van der Waals surface area contributed by atoms with Gasteiger partial charge in [0.25, 0.3) is 0 Å². The van der Waals surface area contributed by atoms with Gasteiger partial charge in [0.2, 0.25) is 0 Å². The van der Waals surface area contributed by atoms with Gasteiger partial charge in [-0.2, -0.15) is 0 Å². The van der Waals surface area contributed by atoms with Crippen molar-refractivity contribution >= 4 is 5.97 Å². The second kappa shape index (κ2) is 7.05. The van der Waals surface area contributed by atoms with Crippen LogP contribution in [0.3, 0.4) is 0 Å². The van der Waals surface area contributed by atoms with Crippen molar-refractivity contribution in [1.82, 2.24) is 4.90 Å². The summed E-state index contributed by atoms with van der Waals surface area (Å²) in [5.41, 5.74) is 0.00382. The molecule has 21 heavy (non-hydrogen) atoms. The van der Waals surface area contributed by atoms with E-state index in [1.807, 2.05) is 44.2 Å². The Kier molecular flexibility index (Phi) is 5.37. The summed E-state index contributed by atoms with van der Waals surface area (Å²) in [6.07, 6.45) is 2.30. The summed E-state index contributed by atoms with van der Waals surface area (Å²) in [7, 11) is 0. The zero-order valence-corrected chi connectivity index (χ0v) is 12.9. The molecule has 0 saturated carbocycles. The van der Waals surface area contributed by atoms with Crippen LogP contribution in [0.4, 0.5) is 0 Å². The molecule has 1 aliphatic heterocycles. The number of hydrogen-bond donors (Lipinski definition) is 1. The SMILES string of the molecule is CCOC1CCN(CC(C)(C(=O)O)c2ccccc2)CC1. The highest BCUT2D eigenvalue weighted by molar-refractivity contribution is 5.81. The molecular formula is C17H25NO3. The molecule has 1 fully saturated rings. The van der Waals surface area contributed by atoms with Crippen LogP contribution in [0.15, 0.2) is 30.3 Å². The molecule has 1 aromatic rings.